The molecule has 1 N–H and O–H groups in total. The minimum Gasteiger partial charge on any atom is -0.455 e. The fourth-order valence-corrected chi connectivity index (χ4v) is 6.81. The van der Waals surface area contributed by atoms with E-state index in [2.05, 4.69) is 35.3 Å². The number of H-pyrrole nitrogens is 1. The lowest BCUT2D eigenvalue weighted by Crippen LogP contribution is -2.37. The van der Waals surface area contributed by atoms with Crippen LogP contribution in [0.25, 0.3) is 22.5 Å². The number of benzene rings is 2. The van der Waals surface area contributed by atoms with Gasteiger partial charge < -0.3 is 47.4 Å². The van der Waals surface area contributed by atoms with E-state index in [4.69, 9.17) is 44.8 Å². The van der Waals surface area contributed by atoms with Gasteiger partial charge in [0.05, 0.1) is 19.8 Å². The van der Waals surface area contributed by atoms with Crippen molar-refractivity contribution >= 4 is 29.7 Å². The molecule has 3 unspecified atom stereocenters. The molecule has 24 nitrogen and oxygen atoms in total. The molecule has 6 atom stereocenters. The van der Waals surface area contributed by atoms with Crippen LogP contribution in [-0.2, 0) is 60.6 Å². The van der Waals surface area contributed by atoms with Gasteiger partial charge in [-0.1, -0.05) is 73.5 Å². The van der Waals surface area contributed by atoms with Gasteiger partial charge in [-0.05, 0) is 28.3 Å². The summed E-state index contributed by atoms with van der Waals surface area (Å²) in [6.45, 7) is 1.15. The van der Waals surface area contributed by atoms with E-state index in [1.807, 2.05) is 55.5 Å². The molecular formula is C36H39ClN8O16. The monoisotopic (exact) mass is 874 g/mol. The number of nitrogens with one attached hydrogen (secondary N) is 1. The molecule has 2 fully saturated rings. The van der Waals surface area contributed by atoms with Gasteiger partial charge in [0.1, 0.15) is 31.2 Å². The fraction of sp³-hybridized carbons (Fsp3) is 0.472. The Morgan fingerprint density at radius 2 is 1.67 bits per heavy atom. The third-order valence-electron chi connectivity index (χ3n) is 9.22. The Morgan fingerprint density at radius 3 is 2.33 bits per heavy atom. The largest absolute Gasteiger partial charge is 0.511 e. The molecule has 2 aromatic carbocycles. The number of esters is 2. The van der Waals surface area contributed by atoms with Crippen LogP contribution in [0, 0.1) is 20.2 Å². The van der Waals surface area contributed by atoms with Gasteiger partial charge in [0.25, 0.3) is 10.2 Å². The highest BCUT2D eigenvalue weighted by Crippen LogP contribution is 2.32. The van der Waals surface area contributed by atoms with Crippen LogP contribution in [0.5, 0.6) is 0 Å². The first kappa shape index (κ1) is 44.1. The molecule has 2 aromatic heterocycles. The first-order chi connectivity index (χ1) is 29.4. The molecule has 0 spiro atoms. The summed E-state index contributed by atoms with van der Waals surface area (Å²) in [5.74, 6) is -0.784. The molecule has 61 heavy (non-hydrogen) atoms. The number of tetrazole rings is 1. The van der Waals surface area contributed by atoms with Gasteiger partial charge in [-0.3, -0.25) is 0 Å². The Balaban J connectivity index is 1.01. The van der Waals surface area contributed by atoms with Crippen LogP contribution >= 0.6 is 11.6 Å². The molecule has 0 bridgehead atoms. The molecule has 0 amide bonds. The number of nitrogens with zero attached hydrogens (tertiary/aromatic N) is 7. The summed E-state index contributed by atoms with van der Waals surface area (Å²) in [5, 5.41) is 32.9. The number of halogens is 1. The zero-order valence-electron chi connectivity index (χ0n) is 32.5. The van der Waals surface area contributed by atoms with Crippen molar-refractivity contribution in [3.05, 3.63) is 91.0 Å². The zero-order chi connectivity index (χ0) is 43.5. The van der Waals surface area contributed by atoms with E-state index < -0.39 is 84.9 Å². The van der Waals surface area contributed by atoms with Crippen LogP contribution < -0.4 is 0 Å². The van der Waals surface area contributed by atoms with E-state index in [1.54, 1.807) is 4.57 Å². The van der Waals surface area contributed by atoms with Crippen molar-refractivity contribution in [2.45, 2.75) is 76.5 Å². The van der Waals surface area contributed by atoms with Crippen LogP contribution in [0.15, 0.2) is 48.5 Å². The molecule has 2 aliphatic heterocycles. The Morgan fingerprint density at radius 1 is 0.967 bits per heavy atom. The third-order valence-corrected chi connectivity index (χ3v) is 9.49. The summed E-state index contributed by atoms with van der Waals surface area (Å²) in [5.41, 5.74) is 3.40. The number of aryl methyl sites for hydroxylation is 1. The number of aromatic amines is 1. The highest BCUT2D eigenvalue weighted by molar-refractivity contribution is 6.32. The zero-order valence-corrected chi connectivity index (χ0v) is 33.2. The summed E-state index contributed by atoms with van der Waals surface area (Å²) in [6, 6.07) is 15.4. The molecule has 2 aliphatic rings. The Labute approximate surface area is 349 Å². The number of aromatic nitrogens is 6. The molecular weight excluding hydrogens is 836 g/mol. The smallest absolute Gasteiger partial charge is 0.455 e. The van der Waals surface area contributed by atoms with E-state index in [-0.39, 0.29) is 30.6 Å². The van der Waals surface area contributed by atoms with Gasteiger partial charge in [-0.25, -0.2) is 19.4 Å². The minimum absolute atomic E-state index is 0.0333. The normalized spacial score (nSPS) is 19.0. The lowest BCUT2D eigenvalue weighted by atomic mass is 9.98. The molecule has 4 aromatic rings. The highest BCUT2D eigenvalue weighted by atomic mass is 35.5. The van der Waals surface area contributed by atoms with Crippen molar-refractivity contribution < 1.29 is 67.4 Å². The molecule has 25 heteroatoms. The molecule has 2 saturated heterocycles. The van der Waals surface area contributed by atoms with Crippen molar-refractivity contribution in [3.8, 4) is 22.5 Å². The molecule has 4 heterocycles. The number of fused-ring (bicyclic) bond motifs is 1. The van der Waals surface area contributed by atoms with E-state index in [0.29, 0.717) is 18.1 Å². The van der Waals surface area contributed by atoms with Gasteiger partial charge in [-0.15, -0.1) is 30.4 Å². The number of carbonyl (C=O) groups is 3. The molecule has 6 rings (SSSR count). The minimum atomic E-state index is -1.49. The third kappa shape index (κ3) is 11.6. The van der Waals surface area contributed by atoms with Gasteiger partial charge >= 0.3 is 18.1 Å². The second-order valence-corrected chi connectivity index (χ2v) is 13.8. The van der Waals surface area contributed by atoms with Crippen molar-refractivity contribution in [2.75, 3.05) is 33.0 Å². The van der Waals surface area contributed by atoms with Crippen molar-refractivity contribution in [3.63, 3.8) is 0 Å². The maximum atomic E-state index is 13.6. The maximum Gasteiger partial charge on any atom is 0.511 e. The number of unbranched alkanes of at least 4 members (excludes halogenated alkanes) is 1. The SMILES string of the molecule is CCCCc1nc(Cl)c(C(=O)OC(C)OC(=O)O[C@H]2COC3C2OC[C@H]3OC(=O)COC[C@@H](CO[N+](=O)[O-])O[N+](=O)[O-])n1Cc1ccc(-c2ccccc2-c2nn[nH]n2)cc1. The summed E-state index contributed by atoms with van der Waals surface area (Å²) in [4.78, 5) is 72.5. The topological polar surface area (TPSA) is 293 Å². The van der Waals surface area contributed by atoms with Gasteiger partial charge in [0.15, 0.2) is 29.2 Å². The fourth-order valence-electron chi connectivity index (χ4n) is 6.54. The van der Waals surface area contributed by atoms with Crippen LogP contribution in [-0.4, -0.2) is 128 Å². The van der Waals surface area contributed by atoms with Crippen molar-refractivity contribution in [1.29, 1.82) is 0 Å². The first-order valence-electron chi connectivity index (χ1n) is 18.7. The van der Waals surface area contributed by atoms with Gasteiger partial charge in [0, 0.05) is 25.5 Å². The average Bonchev–Trinajstić information content (AvgIpc) is 4.03. The van der Waals surface area contributed by atoms with Crippen molar-refractivity contribution in [2.24, 2.45) is 0 Å². The van der Waals surface area contributed by atoms with E-state index >= 15 is 0 Å². The van der Waals surface area contributed by atoms with E-state index in [1.165, 1.54) is 6.92 Å². The number of hydrogen-bond acceptors (Lipinski definition) is 20. The van der Waals surface area contributed by atoms with E-state index in [0.717, 1.165) is 35.1 Å². The lowest BCUT2D eigenvalue weighted by Gasteiger charge is -2.19. The van der Waals surface area contributed by atoms with Crippen LogP contribution in [0.4, 0.5) is 4.79 Å². The Bertz CT molecular complexity index is 2160. The second-order valence-electron chi connectivity index (χ2n) is 13.4. The number of imidazole rings is 1. The van der Waals surface area contributed by atoms with Crippen LogP contribution in [0.2, 0.25) is 5.15 Å². The van der Waals surface area contributed by atoms with Crippen LogP contribution in [0.3, 0.4) is 0 Å². The van der Waals surface area contributed by atoms with Crippen LogP contribution in [0.1, 0.15) is 48.6 Å². The number of hydrogen-bond donors (Lipinski definition) is 1. The number of ether oxygens (including phenoxy) is 7. The predicted molar refractivity (Wildman–Crippen MR) is 201 cm³/mol. The maximum absolute atomic E-state index is 13.6. The summed E-state index contributed by atoms with van der Waals surface area (Å²) in [6.07, 6.45) is -5.58. The summed E-state index contributed by atoms with van der Waals surface area (Å²) >= 11 is 6.53. The van der Waals surface area contributed by atoms with Crippen molar-refractivity contribution in [1.82, 2.24) is 30.2 Å². The summed E-state index contributed by atoms with van der Waals surface area (Å²) in [7, 11) is 0. The average molecular weight is 875 g/mol. The van der Waals surface area contributed by atoms with Gasteiger partial charge in [-0.2, -0.15) is 5.21 Å². The number of rotatable bonds is 21. The summed E-state index contributed by atoms with van der Waals surface area (Å²) < 4.78 is 39.4. The quantitative estimate of drug-likeness (QED) is 0.0413. The molecule has 0 radical (unpaired) electrons. The Kier molecular flexibility index (Phi) is 14.9. The lowest BCUT2D eigenvalue weighted by molar-refractivity contribution is -0.790. The second kappa shape index (κ2) is 20.7. The van der Waals surface area contributed by atoms with Gasteiger partial charge in [0.2, 0.25) is 12.1 Å². The molecule has 0 saturated carbocycles. The predicted octanol–water partition coefficient (Wildman–Crippen LogP) is 3.31. The highest BCUT2D eigenvalue weighted by Gasteiger charge is 2.51. The first-order valence-corrected chi connectivity index (χ1v) is 19.1. The number of carbonyl (C=O) groups excluding carboxylic acids is 3. The molecule has 0 aliphatic carbocycles. The van der Waals surface area contributed by atoms with E-state index in [9.17, 15) is 34.6 Å². The standard InChI is InChI=1S/C36H39ClN8O16/c1-3-4-9-28-38-33(37)30(43(28)14-21-10-12-22(13-11-21)24-7-5-6-8-25(24)34-39-41-42-40-34)35(47)57-20(2)58-36(48)60-27-18-55-31-26(17-54-32(27)31)59-29(46)19-53-15-23(61-45(51)52)16-56-44(49)50/h5-8,10-13,20,23,26-27,31-32H,3-4,9,14-19H2,1-2H3,(H,39,40,41,42)/t20?,23-,26+,27-,31?,32?/m0/s1. The molecule has 326 valence electrons. The Hall–Kier alpha value is -6.50.